The Kier molecular flexibility index (Phi) is 8.87. The first kappa shape index (κ1) is 31.4. The van der Waals surface area contributed by atoms with Gasteiger partial charge in [0.2, 0.25) is 0 Å². The number of fused-ring (bicyclic) bond motifs is 5. The van der Waals surface area contributed by atoms with E-state index >= 15 is 0 Å². The number of nitrogens with zero attached hydrogens (tertiary/aromatic N) is 1. The summed E-state index contributed by atoms with van der Waals surface area (Å²) in [5, 5.41) is 29.0. The number of rotatable bonds is 9. The molecule has 5 rings (SSSR count). The number of esters is 1. The number of Topliss-reactive ketones (excluding diaryl/α,β-unsaturated/α-hetero) is 1. The Morgan fingerprint density at radius 3 is 2.47 bits per heavy atom. The predicted octanol–water partition coefficient (Wildman–Crippen LogP) is 4.42. The fourth-order valence-corrected chi connectivity index (χ4v) is 8.97. The largest absolute Gasteiger partial charge is 0.464 e. The van der Waals surface area contributed by atoms with E-state index in [4.69, 9.17) is 9.57 Å². The van der Waals surface area contributed by atoms with Crippen LogP contribution in [-0.2, 0) is 24.0 Å². The number of nitrogens with one attached hydrogen (secondary N) is 1. The normalized spacial score (nSPS) is 35.4. The van der Waals surface area contributed by atoms with E-state index in [2.05, 4.69) is 30.4 Å². The third-order valence-corrected chi connectivity index (χ3v) is 11.4. The molecule has 0 bridgehead atoms. The Morgan fingerprint density at radius 2 is 1.77 bits per heavy atom. The van der Waals surface area contributed by atoms with Gasteiger partial charge < -0.3 is 25.1 Å². The van der Waals surface area contributed by atoms with Crippen LogP contribution in [0, 0.1) is 28.6 Å². The molecule has 0 saturated heterocycles. The number of carbonyl (C=O) groups is 3. The maximum atomic E-state index is 12.7. The van der Waals surface area contributed by atoms with Crippen molar-refractivity contribution < 1.29 is 34.2 Å². The molecule has 43 heavy (non-hydrogen) atoms. The van der Waals surface area contributed by atoms with E-state index in [0.29, 0.717) is 29.7 Å². The van der Waals surface area contributed by atoms with Crippen LogP contribution >= 0.6 is 0 Å². The van der Waals surface area contributed by atoms with Gasteiger partial charge in [0, 0.05) is 5.41 Å². The number of hydrogen-bond acceptors (Lipinski definition) is 8. The van der Waals surface area contributed by atoms with E-state index in [1.54, 1.807) is 44.2 Å². The van der Waals surface area contributed by atoms with E-state index in [1.165, 1.54) is 5.57 Å². The molecule has 9 heteroatoms. The molecule has 3 saturated carbocycles. The predicted molar refractivity (Wildman–Crippen MR) is 161 cm³/mol. The summed E-state index contributed by atoms with van der Waals surface area (Å²) in [5.41, 5.74) is 1.13. The number of hydrogen-bond donors (Lipinski definition) is 3. The third kappa shape index (κ3) is 5.55. The molecule has 0 heterocycles. The van der Waals surface area contributed by atoms with E-state index < -0.39 is 36.2 Å². The zero-order valence-electron chi connectivity index (χ0n) is 25.8. The number of oxime groups is 1. The van der Waals surface area contributed by atoms with Crippen LogP contribution in [0.1, 0.15) is 90.7 Å². The molecule has 0 radical (unpaired) electrons. The first-order chi connectivity index (χ1) is 20.4. The first-order valence-corrected chi connectivity index (χ1v) is 15.8. The van der Waals surface area contributed by atoms with Gasteiger partial charge in [0.1, 0.15) is 11.7 Å². The number of allylic oxidation sites excluding steroid dienone is 2. The van der Waals surface area contributed by atoms with Crippen LogP contribution in [0.3, 0.4) is 0 Å². The van der Waals surface area contributed by atoms with Crippen molar-refractivity contribution in [3.63, 3.8) is 0 Å². The molecule has 3 N–H and O–H groups in total. The van der Waals surface area contributed by atoms with Gasteiger partial charge in [0.05, 0.1) is 12.3 Å². The molecule has 4 aliphatic rings. The van der Waals surface area contributed by atoms with Crippen LogP contribution in [0.15, 0.2) is 47.1 Å². The van der Waals surface area contributed by atoms with Gasteiger partial charge in [-0.25, -0.2) is 4.79 Å². The summed E-state index contributed by atoms with van der Waals surface area (Å²) in [7, 11) is 0. The van der Waals surface area contributed by atoms with Crippen molar-refractivity contribution in [1.29, 1.82) is 0 Å². The molecule has 1 aromatic carbocycles. The van der Waals surface area contributed by atoms with Gasteiger partial charge in [-0.2, -0.15) is 0 Å². The molecule has 0 aliphatic heterocycles. The van der Waals surface area contributed by atoms with E-state index in [1.807, 2.05) is 0 Å². The summed E-state index contributed by atoms with van der Waals surface area (Å²) in [6, 6.07) is 7.36. The zero-order valence-corrected chi connectivity index (χ0v) is 25.8. The molecule has 0 spiro atoms. The van der Waals surface area contributed by atoms with Crippen molar-refractivity contribution in [2.24, 2.45) is 33.7 Å². The minimum Gasteiger partial charge on any atom is -0.464 e. The quantitative estimate of drug-likeness (QED) is 0.285. The Hall–Kier alpha value is -3.04. The fourth-order valence-electron chi connectivity index (χ4n) is 8.97. The lowest BCUT2D eigenvalue weighted by molar-refractivity contribution is -0.159. The maximum absolute atomic E-state index is 12.7. The number of ether oxygens (including phenoxy) is 1. The number of benzene rings is 1. The highest BCUT2D eigenvalue weighted by atomic mass is 16.6. The van der Waals surface area contributed by atoms with Crippen LogP contribution < -0.4 is 5.32 Å². The van der Waals surface area contributed by atoms with Crippen LogP contribution in [0.5, 0.6) is 0 Å². The summed E-state index contributed by atoms with van der Waals surface area (Å²) in [6.45, 7) is 7.44. The Bertz CT molecular complexity index is 1290. The standard InChI is InChI=1S/C34H46N2O7/c1-5-42-31(40)29(30(39)22-9-7-6-8-10-22)35-28(38)20-43-36-24-13-16-32(3)23(19-24)11-12-25-26(32)14-17-33(4)27(25)15-18-34(33,41)21(2)37/h6-10,19,25-27,29-30,39,41H,5,11-18,20H2,1-4H3,(H,35,38)/t25-,26+,27-,29-,30+,32-,33-,34+/m1/s1. The molecule has 9 nitrogen and oxygen atoms in total. The average Bonchev–Trinajstić information content (AvgIpc) is 3.27. The Balaban J connectivity index is 1.22. The SMILES string of the molecule is CCOC(=O)[C@H](NC(=O)CON=C1C=C2CC[C@H]3[C@H]4CC[C@](O)(C(C)=O)[C@]4(C)CC[C@@H]3[C@]2(C)CC1)[C@@H](O)c1ccccc1. The van der Waals surface area contributed by atoms with Crippen LogP contribution in [-0.4, -0.2) is 58.4 Å². The van der Waals surface area contributed by atoms with Crippen LogP contribution in [0.2, 0.25) is 0 Å². The number of ketones is 1. The highest BCUT2D eigenvalue weighted by Crippen LogP contribution is 2.67. The molecular formula is C34H46N2O7. The van der Waals surface area contributed by atoms with Crippen molar-refractivity contribution in [2.45, 2.75) is 96.8 Å². The summed E-state index contributed by atoms with van der Waals surface area (Å²) < 4.78 is 5.08. The fraction of sp³-hybridized carbons (Fsp3) is 0.647. The van der Waals surface area contributed by atoms with Gasteiger partial charge in [-0.15, -0.1) is 0 Å². The van der Waals surface area contributed by atoms with Gasteiger partial charge in [-0.3, -0.25) is 9.59 Å². The number of amides is 1. The highest BCUT2D eigenvalue weighted by Gasteiger charge is 2.65. The minimum absolute atomic E-state index is 0.0397. The van der Waals surface area contributed by atoms with Gasteiger partial charge in [0.15, 0.2) is 18.4 Å². The van der Waals surface area contributed by atoms with Crippen molar-refractivity contribution in [1.82, 2.24) is 5.32 Å². The molecule has 0 unspecified atom stereocenters. The van der Waals surface area contributed by atoms with E-state index in [-0.39, 0.29) is 23.2 Å². The lowest BCUT2D eigenvalue weighted by Gasteiger charge is -2.59. The summed E-state index contributed by atoms with van der Waals surface area (Å²) in [6.07, 6.45) is 7.84. The molecule has 1 aromatic rings. The van der Waals surface area contributed by atoms with Gasteiger partial charge in [-0.1, -0.05) is 54.9 Å². The summed E-state index contributed by atoms with van der Waals surface area (Å²) in [5.74, 6) is -0.0466. The monoisotopic (exact) mass is 594 g/mol. The molecule has 3 fully saturated rings. The maximum Gasteiger partial charge on any atom is 0.331 e. The van der Waals surface area contributed by atoms with Crippen LogP contribution in [0.4, 0.5) is 0 Å². The number of aliphatic hydroxyl groups is 2. The molecule has 1 amide bonds. The minimum atomic E-state index is -1.28. The number of aliphatic hydroxyl groups excluding tert-OH is 1. The van der Waals surface area contributed by atoms with Gasteiger partial charge in [0.25, 0.3) is 5.91 Å². The smallest absolute Gasteiger partial charge is 0.331 e. The van der Waals surface area contributed by atoms with Crippen LogP contribution in [0.25, 0.3) is 0 Å². The van der Waals surface area contributed by atoms with Crippen molar-refractivity contribution in [3.05, 3.63) is 47.5 Å². The second kappa shape index (κ2) is 12.2. The van der Waals surface area contributed by atoms with Crippen molar-refractivity contribution in [2.75, 3.05) is 13.2 Å². The summed E-state index contributed by atoms with van der Waals surface area (Å²) in [4.78, 5) is 43.2. The molecule has 0 aromatic heterocycles. The third-order valence-electron chi connectivity index (χ3n) is 11.4. The second-order valence-electron chi connectivity index (χ2n) is 13.4. The molecular weight excluding hydrogens is 548 g/mol. The van der Waals surface area contributed by atoms with Crippen molar-refractivity contribution in [3.8, 4) is 0 Å². The molecule has 8 atom stereocenters. The molecule has 234 valence electrons. The molecule has 4 aliphatic carbocycles. The lowest BCUT2D eigenvalue weighted by Crippen LogP contribution is -2.57. The average molecular weight is 595 g/mol. The second-order valence-corrected chi connectivity index (χ2v) is 13.4. The highest BCUT2D eigenvalue weighted by molar-refractivity contribution is 5.96. The topological polar surface area (TPSA) is 135 Å². The zero-order chi connectivity index (χ0) is 31.0. The van der Waals surface area contributed by atoms with Crippen molar-refractivity contribution >= 4 is 23.4 Å². The van der Waals surface area contributed by atoms with Gasteiger partial charge in [-0.05, 0) is 100 Å². The Morgan fingerprint density at radius 1 is 1.05 bits per heavy atom. The Labute approximate surface area is 254 Å². The van der Waals surface area contributed by atoms with E-state index in [9.17, 15) is 24.6 Å². The van der Waals surface area contributed by atoms with Gasteiger partial charge >= 0.3 is 5.97 Å². The summed E-state index contributed by atoms with van der Waals surface area (Å²) >= 11 is 0. The number of carbonyl (C=O) groups excluding carboxylic acids is 3. The van der Waals surface area contributed by atoms with E-state index in [0.717, 1.165) is 50.7 Å². The lowest BCUT2D eigenvalue weighted by atomic mass is 9.46. The first-order valence-electron chi connectivity index (χ1n) is 15.8.